The number of methoxy groups -OCH3 is 3. The number of benzene rings is 2. The normalized spacial score (nSPS) is 11.8. The van der Waals surface area contributed by atoms with Crippen LogP contribution in [0.4, 0.5) is 0 Å². The lowest BCUT2D eigenvalue weighted by Crippen LogP contribution is -2.14. The summed E-state index contributed by atoms with van der Waals surface area (Å²) in [5.74, 6) is 3.59. The van der Waals surface area contributed by atoms with Crippen molar-refractivity contribution in [3.63, 3.8) is 0 Å². The summed E-state index contributed by atoms with van der Waals surface area (Å²) >= 11 is 0. The molecule has 0 aliphatic heterocycles. The molecule has 0 amide bonds. The van der Waals surface area contributed by atoms with Gasteiger partial charge in [0.25, 0.3) is 0 Å². The number of nitrogens with two attached hydrogens (primary N) is 1. The van der Waals surface area contributed by atoms with Gasteiger partial charge < -0.3 is 24.7 Å². The first-order valence-corrected chi connectivity index (χ1v) is 8.82. The summed E-state index contributed by atoms with van der Waals surface area (Å²) in [5, 5.41) is 7.21. The van der Waals surface area contributed by atoms with Gasteiger partial charge in [-0.25, -0.2) is 4.98 Å². The van der Waals surface area contributed by atoms with E-state index in [9.17, 15) is 0 Å². The predicted octanol–water partition coefficient (Wildman–Crippen LogP) is 2.94. The molecule has 0 saturated carbocycles. The van der Waals surface area contributed by atoms with Crippen molar-refractivity contribution < 1.29 is 18.9 Å². The molecular weight excluding hydrogens is 360 g/mol. The van der Waals surface area contributed by atoms with Crippen LogP contribution in [0.2, 0.25) is 0 Å². The number of nitrogens with zero attached hydrogens (tertiary/aromatic N) is 2. The third-order valence-electron chi connectivity index (χ3n) is 4.29. The van der Waals surface area contributed by atoms with Gasteiger partial charge in [-0.05, 0) is 42.8 Å². The van der Waals surface area contributed by atoms with Crippen molar-refractivity contribution in [3.05, 3.63) is 47.8 Å². The summed E-state index contributed by atoms with van der Waals surface area (Å²) in [6.07, 6.45) is 0. The van der Waals surface area contributed by atoms with Gasteiger partial charge in [-0.15, -0.1) is 0 Å². The van der Waals surface area contributed by atoms with E-state index in [1.165, 1.54) is 0 Å². The Labute approximate surface area is 163 Å². The zero-order valence-corrected chi connectivity index (χ0v) is 16.4. The highest BCUT2D eigenvalue weighted by atomic mass is 16.5. The van der Waals surface area contributed by atoms with Crippen LogP contribution in [-0.2, 0) is 0 Å². The van der Waals surface area contributed by atoms with Crippen LogP contribution in [0.15, 0.2) is 36.4 Å². The van der Waals surface area contributed by atoms with Gasteiger partial charge in [-0.3, -0.25) is 5.10 Å². The van der Waals surface area contributed by atoms with E-state index >= 15 is 0 Å². The molecule has 0 aliphatic rings. The molecular formula is C20H24N4O4. The molecule has 0 bridgehead atoms. The second-order valence-electron chi connectivity index (χ2n) is 5.94. The molecule has 0 unspecified atom stereocenters. The van der Waals surface area contributed by atoms with Crippen LogP contribution in [0.3, 0.4) is 0 Å². The van der Waals surface area contributed by atoms with Gasteiger partial charge in [0.05, 0.1) is 34.0 Å². The van der Waals surface area contributed by atoms with Gasteiger partial charge in [0.15, 0.2) is 28.8 Å². The van der Waals surface area contributed by atoms with Gasteiger partial charge in [0.1, 0.15) is 5.82 Å². The van der Waals surface area contributed by atoms with Crippen molar-refractivity contribution in [1.82, 2.24) is 15.2 Å². The minimum atomic E-state index is -0.495. The molecule has 0 fully saturated rings. The van der Waals surface area contributed by atoms with Gasteiger partial charge in [0.2, 0.25) is 0 Å². The highest BCUT2D eigenvalue weighted by Gasteiger charge is 2.18. The van der Waals surface area contributed by atoms with Crippen LogP contribution in [0, 0.1) is 0 Å². The quantitative estimate of drug-likeness (QED) is 0.615. The Kier molecular flexibility index (Phi) is 6.00. The first kappa shape index (κ1) is 19.5. The molecule has 1 heterocycles. The van der Waals surface area contributed by atoms with Crippen molar-refractivity contribution in [3.8, 4) is 34.4 Å². The van der Waals surface area contributed by atoms with E-state index in [1.54, 1.807) is 21.3 Å². The number of hydrogen-bond donors (Lipinski definition) is 2. The molecule has 3 N–H and O–H groups in total. The third-order valence-corrected chi connectivity index (χ3v) is 4.29. The number of ether oxygens (including phenoxy) is 4. The Morgan fingerprint density at radius 3 is 2.29 bits per heavy atom. The molecule has 148 valence electrons. The van der Waals surface area contributed by atoms with Gasteiger partial charge in [-0.2, -0.15) is 5.10 Å². The van der Waals surface area contributed by atoms with Crippen molar-refractivity contribution in [2.24, 2.45) is 5.73 Å². The Morgan fingerprint density at radius 2 is 1.61 bits per heavy atom. The van der Waals surface area contributed by atoms with Crippen LogP contribution in [-0.4, -0.2) is 43.1 Å². The van der Waals surface area contributed by atoms with E-state index < -0.39 is 6.04 Å². The predicted molar refractivity (Wildman–Crippen MR) is 105 cm³/mol. The Balaban J connectivity index is 1.87. The first-order chi connectivity index (χ1) is 13.6. The SMILES string of the molecule is CCOc1ccc(-c2n[nH]c([C@@H](N)c3ccc(OC)c(OC)c3)n2)cc1OC. The van der Waals surface area contributed by atoms with Crippen molar-refractivity contribution >= 4 is 0 Å². The number of hydrogen-bond acceptors (Lipinski definition) is 7. The molecule has 1 atom stereocenters. The monoisotopic (exact) mass is 384 g/mol. The van der Waals surface area contributed by atoms with Crippen LogP contribution in [0.25, 0.3) is 11.4 Å². The van der Waals surface area contributed by atoms with Crippen molar-refractivity contribution in [1.29, 1.82) is 0 Å². The maximum absolute atomic E-state index is 6.37. The Morgan fingerprint density at radius 1 is 0.929 bits per heavy atom. The number of H-pyrrole nitrogens is 1. The van der Waals surface area contributed by atoms with Gasteiger partial charge in [0, 0.05) is 5.56 Å². The van der Waals surface area contributed by atoms with E-state index in [1.807, 2.05) is 43.3 Å². The zero-order chi connectivity index (χ0) is 20.1. The smallest absolute Gasteiger partial charge is 0.181 e. The van der Waals surface area contributed by atoms with E-state index in [0.29, 0.717) is 41.3 Å². The third kappa shape index (κ3) is 3.86. The molecule has 2 aromatic carbocycles. The van der Waals surface area contributed by atoms with Crippen LogP contribution in [0.5, 0.6) is 23.0 Å². The highest BCUT2D eigenvalue weighted by molar-refractivity contribution is 5.61. The maximum atomic E-state index is 6.37. The number of aromatic nitrogens is 3. The van der Waals surface area contributed by atoms with Gasteiger partial charge >= 0.3 is 0 Å². The summed E-state index contributed by atoms with van der Waals surface area (Å²) < 4.78 is 21.5. The summed E-state index contributed by atoms with van der Waals surface area (Å²) in [6.45, 7) is 2.48. The molecule has 28 heavy (non-hydrogen) atoms. The van der Waals surface area contributed by atoms with E-state index in [4.69, 9.17) is 24.7 Å². The average molecular weight is 384 g/mol. The molecule has 1 aromatic heterocycles. The minimum Gasteiger partial charge on any atom is -0.493 e. The van der Waals surface area contributed by atoms with Crippen molar-refractivity contribution in [2.45, 2.75) is 13.0 Å². The fourth-order valence-corrected chi connectivity index (χ4v) is 2.83. The fraction of sp³-hybridized carbons (Fsp3) is 0.300. The lowest BCUT2D eigenvalue weighted by atomic mass is 10.1. The summed E-state index contributed by atoms with van der Waals surface area (Å²) in [4.78, 5) is 4.55. The second kappa shape index (κ2) is 8.62. The number of rotatable bonds is 8. The molecule has 0 aliphatic carbocycles. The van der Waals surface area contributed by atoms with Crippen LogP contribution in [0.1, 0.15) is 24.4 Å². The number of nitrogens with one attached hydrogen (secondary N) is 1. The Bertz CT molecular complexity index is 942. The van der Waals surface area contributed by atoms with E-state index in [-0.39, 0.29) is 0 Å². The van der Waals surface area contributed by atoms with E-state index in [2.05, 4.69) is 15.2 Å². The molecule has 8 heteroatoms. The molecule has 3 rings (SSSR count). The molecule has 0 saturated heterocycles. The van der Waals surface area contributed by atoms with Crippen LogP contribution >= 0.6 is 0 Å². The minimum absolute atomic E-state index is 0.495. The van der Waals surface area contributed by atoms with E-state index in [0.717, 1.165) is 11.1 Å². The average Bonchev–Trinajstić information content (AvgIpc) is 3.23. The topological polar surface area (TPSA) is 105 Å². The standard InChI is InChI=1S/C20H24N4O4/c1-5-28-15-9-7-13(11-17(15)27-4)19-22-20(24-23-19)18(21)12-6-8-14(25-2)16(10-12)26-3/h6-11,18H,5,21H2,1-4H3,(H,22,23,24)/t18-/m0/s1. The largest absolute Gasteiger partial charge is 0.493 e. The molecule has 8 nitrogen and oxygen atoms in total. The lowest BCUT2D eigenvalue weighted by Gasteiger charge is -2.13. The second-order valence-corrected chi connectivity index (χ2v) is 5.94. The van der Waals surface area contributed by atoms with Gasteiger partial charge in [-0.1, -0.05) is 6.07 Å². The zero-order valence-electron chi connectivity index (χ0n) is 16.4. The first-order valence-electron chi connectivity index (χ1n) is 8.82. The van der Waals surface area contributed by atoms with Crippen LogP contribution < -0.4 is 24.7 Å². The lowest BCUT2D eigenvalue weighted by molar-refractivity contribution is 0.311. The molecule has 0 radical (unpaired) electrons. The number of aromatic amines is 1. The molecule has 3 aromatic rings. The fourth-order valence-electron chi connectivity index (χ4n) is 2.83. The Hall–Kier alpha value is -3.26. The maximum Gasteiger partial charge on any atom is 0.181 e. The van der Waals surface area contributed by atoms with Crippen molar-refractivity contribution in [2.75, 3.05) is 27.9 Å². The summed E-state index contributed by atoms with van der Waals surface area (Å²) in [7, 11) is 4.77. The molecule has 0 spiro atoms. The highest BCUT2D eigenvalue weighted by Crippen LogP contribution is 2.33. The summed E-state index contributed by atoms with van der Waals surface area (Å²) in [5.41, 5.74) is 7.99. The summed E-state index contributed by atoms with van der Waals surface area (Å²) in [6, 6.07) is 10.6.